The zero-order valence-electron chi connectivity index (χ0n) is 13.5. The standard InChI is InChI=1S/C16H34N2O/c1-5-15-6-8-16(13-17,9-7-15)18(10-11-19-4)12-14(2)3/h14-15H,5-13,17H2,1-4H3. The van der Waals surface area contributed by atoms with Crippen molar-refractivity contribution < 1.29 is 4.74 Å². The van der Waals surface area contributed by atoms with Crippen LogP contribution in [0.25, 0.3) is 0 Å². The van der Waals surface area contributed by atoms with Crippen LogP contribution in [0.4, 0.5) is 0 Å². The van der Waals surface area contributed by atoms with Gasteiger partial charge in [-0.05, 0) is 37.5 Å². The van der Waals surface area contributed by atoms with Gasteiger partial charge < -0.3 is 10.5 Å². The van der Waals surface area contributed by atoms with E-state index in [0.29, 0.717) is 5.92 Å². The molecule has 0 bridgehead atoms. The molecule has 0 heterocycles. The third-order valence-electron chi connectivity index (χ3n) is 4.81. The van der Waals surface area contributed by atoms with Crippen molar-refractivity contribution in [1.29, 1.82) is 0 Å². The van der Waals surface area contributed by atoms with Gasteiger partial charge in [0, 0.05) is 32.3 Å². The maximum Gasteiger partial charge on any atom is 0.0589 e. The molecule has 1 rings (SSSR count). The highest BCUT2D eigenvalue weighted by Gasteiger charge is 2.38. The summed E-state index contributed by atoms with van der Waals surface area (Å²) in [6.45, 7) is 10.7. The molecule has 3 heteroatoms. The van der Waals surface area contributed by atoms with Crippen molar-refractivity contribution in [2.45, 2.75) is 58.4 Å². The van der Waals surface area contributed by atoms with E-state index >= 15 is 0 Å². The van der Waals surface area contributed by atoms with Crippen molar-refractivity contribution in [1.82, 2.24) is 4.90 Å². The van der Waals surface area contributed by atoms with Crippen LogP contribution >= 0.6 is 0 Å². The van der Waals surface area contributed by atoms with Gasteiger partial charge in [-0.25, -0.2) is 0 Å². The molecule has 0 aliphatic heterocycles. The van der Waals surface area contributed by atoms with E-state index < -0.39 is 0 Å². The number of methoxy groups -OCH3 is 1. The first-order chi connectivity index (χ1) is 9.07. The van der Waals surface area contributed by atoms with Gasteiger partial charge in [-0.3, -0.25) is 4.90 Å². The van der Waals surface area contributed by atoms with E-state index in [0.717, 1.165) is 32.2 Å². The molecule has 0 aromatic carbocycles. The number of hydrogen-bond donors (Lipinski definition) is 1. The van der Waals surface area contributed by atoms with Crippen molar-refractivity contribution in [3.8, 4) is 0 Å². The average Bonchev–Trinajstić information content (AvgIpc) is 2.43. The lowest BCUT2D eigenvalue weighted by Gasteiger charge is -2.48. The van der Waals surface area contributed by atoms with Crippen LogP contribution in [0.1, 0.15) is 52.9 Å². The van der Waals surface area contributed by atoms with Crippen LogP contribution in [-0.4, -0.2) is 43.8 Å². The third-order valence-corrected chi connectivity index (χ3v) is 4.81. The maximum atomic E-state index is 6.19. The second-order valence-corrected chi connectivity index (χ2v) is 6.61. The Balaban J connectivity index is 2.70. The normalized spacial score (nSPS) is 28.3. The summed E-state index contributed by atoms with van der Waals surface area (Å²) in [5, 5.41) is 0. The zero-order valence-corrected chi connectivity index (χ0v) is 13.5. The monoisotopic (exact) mass is 270 g/mol. The molecule has 0 aromatic heterocycles. The molecule has 0 saturated heterocycles. The topological polar surface area (TPSA) is 38.5 Å². The van der Waals surface area contributed by atoms with Crippen molar-refractivity contribution in [3.63, 3.8) is 0 Å². The van der Waals surface area contributed by atoms with Gasteiger partial charge in [0.05, 0.1) is 6.61 Å². The third kappa shape index (κ3) is 4.73. The molecule has 0 aromatic rings. The van der Waals surface area contributed by atoms with Gasteiger partial charge in [0.1, 0.15) is 0 Å². The van der Waals surface area contributed by atoms with E-state index in [1.807, 2.05) is 0 Å². The van der Waals surface area contributed by atoms with Crippen LogP contribution in [-0.2, 0) is 4.74 Å². The fraction of sp³-hybridized carbons (Fsp3) is 1.00. The van der Waals surface area contributed by atoms with Crippen molar-refractivity contribution >= 4 is 0 Å². The summed E-state index contributed by atoms with van der Waals surface area (Å²) in [6.07, 6.45) is 6.53. The summed E-state index contributed by atoms with van der Waals surface area (Å²) in [7, 11) is 1.79. The highest BCUT2D eigenvalue weighted by molar-refractivity contribution is 4.96. The molecule has 1 aliphatic carbocycles. The number of rotatable bonds is 8. The van der Waals surface area contributed by atoms with Crippen LogP contribution in [0.5, 0.6) is 0 Å². The van der Waals surface area contributed by atoms with E-state index in [2.05, 4.69) is 25.7 Å². The molecule has 3 nitrogen and oxygen atoms in total. The quantitative estimate of drug-likeness (QED) is 0.737. The van der Waals surface area contributed by atoms with Gasteiger partial charge in [-0.2, -0.15) is 0 Å². The summed E-state index contributed by atoms with van der Waals surface area (Å²) in [4.78, 5) is 2.62. The minimum atomic E-state index is 0.231. The van der Waals surface area contributed by atoms with E-state index in [9.17, 15) is 0 Å². The van der Waals surface area contributed by atoms with Gasteiger partial charge in [0.2, 0.25) is 0 Å². The molecule has 114 valence electrons. The van der Waals surface area contributed by atoms with E-state index in [4.69, 9.17) is 10.5 Å². The molecule has 19 heavy (non-hydrogen) atoms. The summed E-state index contributed by atoms with van der Waals surface area (Å²) >= 11 is 0. The van der Waals surface area contributed by atoms with Crippen molar-refractivity contribution in [3.05, 3.63) is 0 Å². The van der Waals surface area contributed by atoms with Gasteiger partial charge in [0.15, 0.2) is 0 Å². The Hall–Kier alpha value is -0.120. The molecule has 0 atom stereocenters. The van der Waals surface area contributed by atoms with Crippen molar-refractivity contribution in [2.75, 3.05) is 33.4 Å². The molecule has 0 radical (unpaired) electrons. The predicted molar refractivity (Wildman–Crippen MR) is 82.3 cm³/mol. The number of nitrogens with zero attached hydrogens (tertiary/aromatic N) is 1. The molecular formula is C16H34N2O. The number of hydrogen-bond acceptors (Lipinski definition) is 3. The first kappa shape index (κ1) is 16.9. The second-order valence-electron chi connectivity index (χ2n) is 6.61. The predicted octanol–water partition coefficient (Wildman–Crippen LogP) is 2.89. The van der Waals surface area contributed by atoms with Gasteiger partial charge in [0.25, 0.3) is 0 Å². The number of ether oxygens (including phenoxy) is 1. The summed E-state index contributed by atoms with van der Waals surface area (Å²) < 4.78 is 5.29. The Morgan fingerprint density at radius 1 is 1.32 bits per heavy atom. The molecule has 0 amide bonds. The Kier molecular flexibility index (Phi) is 7.33. The highest BCUT2D eigenvalue weighted by atomic mass is 16.5. The van der Waals surface area contributed by atoms with Crippen molar-refractivity contribution in [2.24, 2.45) is 17.6 Å². The zero-order chi connectivity index (χ0) is 14.3. The van der Waals surface area contributed by atoms with Crippen LogP contribution in [0, 0.1) is 11.8 Å². The van der Waals surface area contributed by atoms with Gasteiger partial charge in [-0.1, -0.05) is 27.2 Å². The fourth-order valence-electron chi connectivity index (χ4n) is 3.44. The van der Waals surface area contributed by atoms with Crippen LogP contribution < -0.4 is 5.73 Å². The summed E-state index contributed by atoms with van der Waals surface area (Å²) in [5.41, 5.74) is 6.42. The van der Waals surface area contributed by atoms with Crippen LogP contribution in [0.15, 0.2) is 0 Å². The second kappa shape index (κ2) is 8.23. The minimum absolute atomic E-state index is 0.231. The van der Waals surface area contributed by atoms with Gasteiger partial charge in [-0.15, -0.1) is 0 Å². The minimum Gasteiger partial charge on any atom is -0.383 e. The van der Waals surface area contributed by atoms with E-state index in [1.54, 1.807) is 7.11 Å². The maximum absolute atomic E-state index is 6.19. The molecule has 2 N–H and O–H groups in total. The molecule has 1 fully saturated rings. The smallest absolute Gasteiger partial charge is 0.0589 e. The summed E-state index contributed by atoms with van der Waals surface area (Å²) in [6, 6.07) is 0. The lowest BCUT2D eigenvalue weighted by Crippen LogP contribution is -2.57. The molecular weight excluding hydrogens is 236 g/mol. The lowest BCUT2D eigenvalue weighted by molar-refractivity contribution is 0.0141. The Labute approximate surface area is 119 Å². The van der Waals surface area contributed by atoms with Crippen LogP contribution in [0.2, 0.25) is 0 Å². The molecule has 0 unspecified atom stereocenters. The largest absolute Gasteiger partial charge is 0.383 e. The Morgan fingerprint density at radius 2 is 1.95 bits per heavy atom. The Bertz CT molecular complexity index is 235. The van der Waals surface area contributed by atoms with E-state index in [-0.39, 0.29) is 5.54 Å². The molecule has 1 saturated carbocycles. The van der Waals surface area contributed by atoms with E-state index in [1.165, 1.54) is 32.1 Å². The first-order valence-electron chi connectivity index (χ1n) is 8.02. The summed E-state index contributed by atoms with van der Waals surface area (Å²) in [5.74, 6) is 1.60. The lowest BCUT2D eigenvalue weighted by atomic mass is 9.74. The highest BCUT2D eigenvalue weighted by Crippen LogP contribution is 2.37. The van der Waals surface area contributed by atoms with Gasteiger partial charge >= 0.3 is 0 Å². The fourth-order valence-corrected chi connectivity index (χ4v) is 3.44. The molecule has 0 spiro atoms. The Morgan fingerprint density at radius 3 is 2.37 bits per heavy atom. The number of nitrogens with two attached hydrogens (primary N) is 1. The average molecular weight is 270 g/mol. The SMILES string of the molecule is CCC1CCC(CN)(N(CCOC)CC(C)C)CC1. The first-order valence-corrected chi connectivity index (χ1v) is 8.02. The van der Waals surface area contributed by atoms with Crippen LogP contribution in [0.3, 0.4) is 0 Å². The molecule has 1 aliphatic rings.